The molecule has 2 aromatic heterocycles. The van der Waals surface area contributed by atoms with Gasteiger partial charge in [0.25, 0.3) is 0 Å². The molecule has 0 spiro atoms. The lowest BCUT2D eigenvalue weighted by atomic mass is 9.95. The second kappa shape index (κ2) is 6.76. The summed E-state index contributed by atoms with van der Waals surface area (Å²) in [7, 11) is 0. The van der Waals surface area contributed by atoms with Crippen molar-refractivity contribution in [2.24, 2.45) is 0 Å². The molecule has 3 heterocycles. The maximum absolute atomic E-state index is 9.92. The monoisotopic (exact) mass is 337 g/mol. The Morgan fingerprint density at radius 2 is 2.16 bits per heavy atom. The minimum absolute atomic E-state index is 0.0156. The Bertz CT molecular complexity index is 852. The fourth-order valence-corrected chi connectivity index (χ4v) is 3.65. The number of aromatic nitrogens is 2. The molecule has 5 nitrogen and oxygen atoms in total. The minimum atomic E-state index is 0.0156. The van der Waals surface area contributed by atoms with E-state index in [4.69, 9.17) is 4.42 Å². The number of aromatic amines is 1. The molecule has 4 rings (SSSR count). The van der Waals surface area contributed by atoms with E-state index in [1.54, 1.807) is 12.4 Å². The number of benzene rings is 1. The highest BCUT2D eigenvalue weighted by molar-refractivity contribution is 5.36. The van der Waals surface area contributed by atoms with Crippen molar-refractivity contribution in [3.63, 3.8) is 0 Å². The highest BCUT2D eigenvalue weighted by Crippen LogP contribution is 2.35. The number of hydrogen-bond acceptors (Lipinski definition) is 4. The first-order valence-electron chi connectivity index (χ1n) is 8.87. The van der Waals surface area contributed by atoms with Gasteiger partial charge in [-0.3, -0.25) is 4.90 Å². The zero-order chi connectivity index (χ0) is 17.2. The number of imidazole rings is 1. The molecule has 0 radical (unpaired) electrons. The first-order chi connectivity index (χ1) is 12.2. The summed E-state index contributed by atoms with van der Waals surface area (Å²) in [6, 6.07) is 11.6. The number of aromatic hydroxyl groups is 1. The van der Waals surface area contributed by atoms with Crippen LogP contribution < -0.4 is 0 Å². The molecule has 130 valence electrons. The Kier molecular flexibility index (Phi) is 4.32. The van der Waals surface area contributed by atoms with Crippen molar-refractivity contribution in [1.82, 2.24) is 14.9 Å². The fraction of sp³-hybridized carbons (Fsp3) is 0.350. The van der Waals surface area contributed by atoms with Crippen LogP contribution in [0.4, 0.5) is 0 Å². The molecule has 25 heavy (non-hydrogen) atoms. The van der Waals surface area contributed by atoms with Gasteiger partial charge in [-0.15, -0.1) is 0 Å². The SMILES string of the molecule is CCCc1ccc(CN2CCc3[nH]cnc3C2c2cccc(O)c2)o1. The molecule has 0 aliphatic carbocycles. The predicted octanol–water partition coefficient (Wildman–Crippen LogP) is 3.81. The average molecular weight is 337 g/mol. The molecule has 5 heteroatoms. The highest BCUT2D eigenvalue weighted by Gasteiger charge is 2.31. The van der Waals surface area contributed by atoms with Gasteiger partial charge in [0.15, 0.2) is 0 Å². The van der Waals surface area contributed by atoms with Crippen molar-refractivity contribution >= 4 is 0 Å². The van der Waals surface area contributed by atoms with Crippen molar-refractivity contribution in [3.8, 4) is 5.75 Å². The number of phenolic OH excluding ortho intramolecular Hbond substituents is 1. The van der Waals surface area contributed by atoms with E-state index in [9.17, 15) is 5.11 Å². The Morgan fingerprint density at radius 1 is 1.28 bits per heavy atom. The Morgan fingerprint density at radius 3 is 3.00 bits per heavy atom. The van der Waals surface area contributed by atoms with Gasteiger partial charge in [-0.05, 0) is 36.2 Å². The summed E-state index contributed by atoms with van der Waals surface area (Å²) in [5, 5.41) is 9.92. The van der Waals surface area contributed by atoms with Crippen LogP contribution in [0.3, 0.4) is 0 Å². The van der Waals surface area contributed by atoms with Gasteiger partial charge in [-0.1, -0.05) is 19.1 Å². The lowest BCUT2D eigenvalue weighted by molar-refractivity contribution is 0.183. The summed E-state index contributed by atoms with van der Waals surface area (Å²) in [4.78, 5) is 10.2. The van der Waals surface area contributed by atoms with Crippen LogP contribution in [0.1, 0.15) is 47.9 Å². The lowest BCUT2D eigenvalue weighted by Crippen LogP contribution is -2.35. The normalized spacial score (nSPS) is 17.6. The molecule has 0 fully saturated rings. The smallest absolute Gasteiger partial charge is 0.118 e. The summed E-state index contributed by atoms with van der Waals surface area (Å²) in [6.07, 6.45) is 4.75. The van der Waals surface area contributed by atoms with Crippen LogP contribution in [-0.2, 0) is 19.4 Å². The first kappa shape index (κ1) is 16.0. The van der Waals surface area contributed by atoms with E-state index >= 15 is 0 Å². The summed E-state index contributed by atoms with van der Waals surface area (Å²) < 4.78 is 5.98. The van der Waals surface area contributed by atoms with E-state index in [-0.39, 0.29) is 11.8 Å². The second-order valence-electron chi connectivity index (χ2n) is 6.60. The van der Waals surface area contributed by atoms with Gasteiger partial charge in [-0.2, -0.15) is 0 Å². The van der Waals surface area contributed by atoms with Crippen LogP contribution in [0.5, 0.6) is 5.75 Å². The topological polar surface area (TPSA) is 65.3 Å². The molecule has 0 saturated carbocycles. The van der Waals surface area contributed by atoms with Crippen LogP contribution in [0.2, 0.25) is 0 Å². The molecular weight excluding hydrogens is 314 g/mol. The van der Waals surface area contributed by atoms with Crippen LogP contribution in [0, 0.1) is 0 Å². The quantitative estimate of drug-likeness (QED) is 0.743. The number of rotatable bonds is 5. The average Bonchev–Trinajstić information content (AvgIpc) is 3.24. The summed E-state index contributed by atoms with van der Waals surface area (Å²) >= 11 is 0. The van der Waals surface area contributed by atoms with Gasteiger partial charge < -0.3 is 14.5 Å². The van der Waals surface area contributed by atoms with Crippen molar-refractivity contribution in [3.05, 3.63) is 71.2 Å². The largest absolute Gasteiger partial charge is 0.508 e. The van der Waals surface area contributed by atoms with Gasteiger partial charge in [0, 0.05) is 25.1 Å². The van der Waals surface area contributed by atoms with Crippen LogP contribution in [0.25, 0.3) is 0 Å². The van der Waals surface area contributed by atoms with Gasteiger partial charge in [0.05, 0.1) is 24.6 Å². The van der Waals surface area contributed by atoms with E-state index in [2.05, 4.69) is 33.9 Å². The zero-order valence-electron chi connectivity index (χ0n) is 14.4. The number of fused-ring (bicyclic) bond motifs is 1. The lowest BCUT2D eigenvalue weighted by Gasteiger charge is -2.34. The third-order valence-electron chi connectivity index (χ3n) is 4.78. The highest BCUT2D eigenvalue weighted by atomic mass is 16.3. The number of H-pyrrole nitrogens is 1. The molecule has 1 unspecified atom stereocenters. The van der Waals surface area contributed by atoms with Crippen LogP contribution in [0.15, 0.2) is 47.1 Å². The Labute approximate surface area is 147 Å². The number of aryl methyl sites for hydroxylation is 1. The number of nitrogens with one attached hydrogen (secondary N) is 1. The summed E-state index contributed by atoms with van der Waals surface area (Å²) in [5.74, 6) is 2.31. The standard InChI is InChI=1S/C20H23N3O2/c1-2-4-16-7-8-17(25-16)12-23-10-9-18-19(22-13-21-18)20(23)14-5-3-6-15(24)11-14/h3,5-8,11,13,20,24H,2,4,9-10,12H2,1H3,(H,21,22). The number of furan rings is 1. The van der Waals surface area contributed by atoms with Gasteiger partial charge in [0.2, 0.25) is 0 Å². The van der Waals surface area contributed by atoms with E-state index in [1.165, 1.54) is 5.69 Å². The maximum atomic E-state index is 9.92. The number of phenols is 1. The molecule has 1 aliphatic heterocycles. The van der Waals surface area contributed by atoms with Crippen molar-refractivity contribution < 1.29 is 9.52 Å². The van der Waals surface area contributed by atoms with E-state index in [1.807, 2.05) is 18.2 Å². The Hall–Kier alpha value is -2.53. The van der Waals surface area contributed by atoms with Crippen molar-refractivity contribution in [2.75, 3.05) is 6.54 Å². The molecule has 1 atom stereocenters. The third-order valence-corrected chi connectivity index (χ3v) is 4.78. The number of nitrogens with zero attached hydrogens (tertiary/aromatic N) is 2. The molecular formula is C20H23N3O2. The zero-order valence-corrected chi connectivity index (χ0v) is 14.4. The predicted molar refractivity (Wildman–Crippen MR) is 95.4 cm³/mol. The molecule has 0 bridgehead atoms. The summed E-state index contributed by atoms with van der Waals surface area (Å²) in [5.41, 5.74) is 3.27. The van der Waals surface area contributed by atoms with Crippen LogP contribution in [-0.4, -0.2) is 26.5 Å². The molecule has 0 amide bonds. The first-order valence-corrected chi connectivity index (χ1v) is 8.87. The van der Waals surface area contributed by atoms with E-state index in [0.717, 1.165) is 55.1 Å². The molecule has 2 N–H and O–H groups in total. The minimum Gasteiger partial charge on any atom is -0.508 e. The van der Waals surface area contributed by atoms with Crippen molar-refractivity contribution in [1.29, 1.82) is 0 Å². The van der Waals surface area contributed by atoms with E-state index < -0.39 is 0 Å². The number of hydrogen-bond donors (Lipinski definition) is 2. The van der Waals surface area contributed by atoms with Crippen LogP contribution >= 0.6 is 0 Å². The molecule has 0 saturated heterocycles. The molecule has 1 aromatic carbocycles. The fourth-order valence-electron chi connectivity index (χ4n) is 3.65. The van der Waals surface area contributed by atoms with E-state index in [0.29, 0.717) is 0 Å². The molecule has 1 aliphatic rings. The summed E-state index contributed by atoms with van der Waals surface area (Å²) in [6.45, 7) is 3.81. The van der Waals surface area contributed by atoms with Gasteiger partial charge >= 0.3 is 0 Å². The van der Waals surface area contributed by atoms with Crippen molar-refractivity contribution in [2.45, 2.75) is 38.8 Å². The second-order valence-corrected chi connectivity index (χ2v) is 6.60. The van der Waals surface area contributed by atoms with Gasteiger partial charge in [0.1, 0.15) is 17.3 Å². The van der Waals surface area contributed by atoms with Gasteiger partial charge in [-0.25, -0.2) is 4.98 Å². The Balaban J connectivity index is 1.65. The molecule has 3 aromatic rings. The third kappa shape index (κ3) is 3.20. The maximum Gasteiger partial charge on any atom is 0.118 e.